The molecule has 13 heavy (non-hydrogen) atoms. The van der Waals surface area contributed by atoms with Crippen LogP contribution in [0.5, 0.6) is 0 Å². The van der Waals surface area contributed by atoms with Crippen molar-refractivity contribution < 1.29 is 0 Å². The summed E-state index contributed by atoms with van der Waals surface area (Å²) in [6.45, 7) is 7.48. The average molecular weight is 181 g/mol. The average Bonchev–Trinajstić information content (AvgIpc) is 2.57. The number of hydrogen-bond donors (Lipinski definition) is 0. The summed E-state index contributed by atoms with van der Waals surface area (Å²) >= 11 is 0. The molecule has 0 aromatic heterocycles. The summed E-state index contributed by atoms with van der Waals surface area (Å²) in [5.74, 6) is 0.887. The lowest BCUT2D eigenvalue weighted by atomic mass is 9.86. The molecule has 1 nitrogen and oxygen atoms in total. The van der Waals surface area contributed by atoms with Gasteiger partial charge in [-0.15, -0.1) is 0 Å². The molecule has 0 atom stereocenters. The molecule has 0 aromatic rings. The van der Waals surface area contributed by atoms with Crippen LogP contribution in [0.25, 0.3) is 0 Å². The molecule has 0 amide bonds. The van der Waals surface area contributed by atoms with Gasteiger partial charge in [-0.05, 0) is 57.5 Å². The Morgan fingerprint density at radius 1 is 1.15 bits per heavy atom. The van der Waals surface area contributed by atoms with Gasteiger partial charge in [0, 0.05) is 5.54 Å². The lowest BCUT2D eigenvalue weighted by Crippen LogP contribution is -2.38. The highest BCUT2D eigenvalue weighted by Gasteiger charge is 2.43. The molecule has 0 saturated carbocycles. The fourth-order valence-electron chi connectivity index (χ4n) is 3.19. The van der Waals surface area contributed by atoms with Gasteiger partial charge in [-0.3, -0.25) is 4.90 Å². The van der Waals surface area contributed by atoms with Crippen molar-refractivity contribution in [2.45, 2.75) is 57.9 Å². The monoisotopic (exact) mass is 181 g/mol. The molecule has 0 unspecified atom stereocenters. The maximum atomic E-state index is 2.77. The standard InChI is InChI=1S/C12H23N/c1-11(2)5-8-12-6-3-9-13(12)10-4-7-12/h11H,3-10H2,1-2H3. The van der Waals surface area contributed by atoms with Crippen molar-refractivity contribution in [2.75, 3.05) is 13.1 Å². The predicted octanol–water partition coefficient (Wildman–Crippen LogP) is 3.05. The Morgan fingerprint density at radius 3 is 2.31 bits per heavy atom. The van der Waals surface area contributed by atoms with Crippen molar-refractivity contribution >= 4 is 0 Å². The van der Waals surface area contributed by atoms with E-state index in [9.17, 15) is 0 Å². The topological polar surface area (TPSA) is 3.24 Å². The summed E-state index contributed by atoms with van der Waals surface area (Å²) in [4.78, 5) is 2.77. The van der Waals surface area contributed by atoms with Gasteiger partial charge in [-0.25, -0.2) is 0 Å². The van der Waals surface area contributed by atoms with Crippen LogP contribution in [0.2, 0.25) is 0 Å². The van der Waals surface area contributed by atoms with Crippen LogP contribution in [0, 0.1) is 5.92 Å². The van der Waals surface area contributed by atoms with Crippen molar-refractivity contribution in [3.05, 3.63) is 0 Å². The van der Waals surface area contributed by atoms with Crippen LogP contribution in [0.1, 0.15) is 52.4 Å². The van der Waals surface area contributed by atoms with Crippen LogP contribution in [0.15, 0.2) is 0 Å². The summed E-state index contributed by atoms with van der Waals surface area (Å²) < 4.78 is 0. The van der Waals surface area contributed by atoms with E-state index >= 15 is 0 Å². The molecule has 2 aliphatic heterocycles. The largest absolute Gasteiger partial charge is 0.298 e. The third-order valence-electron chi connectivity index (χ3n) is 4.00. The predicted molar refractivity (Wildman–Crippen MR) is 56.8 cm³/mol. The number of fused-ring (bicyclic) bond motifs is 1. The lowest BCUT2D eigenvalue weighted by molar-refractivity contribution is 0.172. The Bertz CT molecular complexity index is 164. The van der Waals surface area contributed by atoms with Crippen LogP contribution in [-0.2, 0) is 0 Å². The van der Waals surface area contributed by atoms with Crippen LogP contribution in [-0.4, -0.2) is 23.5 Å². The molecule has 0 radical (unpaired) electrons. The van der Waals surface area contributed by atoms with Gasteiger partial charge < -0.3 is 0 Å². The Balaban J connectivity index is 1.93. The summed E-state index contributed by atoms with van der Waals surface area (Å²) in [6, 6.07) is 0. The first-order valence-electron chi connectivity index (χ1n) is 5.98. The second kappa shape index (κ2) is 3.61. The molecule has 2 rings (SSSR count). The van der Waals surface area contributed by atoms with Gasteiger partial charge in [0.25, 0.3) is 0 Å². The second-order valence-electron chi connectivity index (χ2n) is 5.35. The lowest BCUT2D eigenvalue weighted by Gasteiger charge is -2.32. The first-order chi connectivity index (χ1) is 6.23. The van der Waals surface area contributed by atoms with Gasteiger partial charge >= 0.3 is 0 Å². The van der Waals surface area contributed by atoms with Gasteiger partial charge in [0.05, 0.1) is 0 Å². The Morgan fingerprint density at radius 2 is 1.77 bits per heavy atom. The third-order valence-corrected chi connectivity index (χ3v) is 4.00. The zero-order valence-corrected chi connectivity index (χ0v) is 9.18. The zero-order valence-electron chi connectivity index (χ0n) is 9.18. The molecule has 0 N–H and O–H groups in total. The molecule has 0 spiro atoms. The fraction of sp³-hybridized carbons (Fsp3) is 1.00. The summed E-state index contributed by atoms with van der Waals surface area (Å²) in [5, 5.41) is 0. The van der Waals surface area contributed by atoms with E-state index in [1.54, 1.807) is 0 Å². The van der Waals surface area contributed by atoms with Crippen LogP contribution >= 0.6 is 0 Å². The summed E-state index contributed by atoms with van der Waals surface area (Å²) in [5.41, 5.74) is 0.671. The van der Waals surface area contributed by atoms with E-state index in [2.05, 4.69) is 18.7 Å². The molecule has 0 bridgehead atoms. The molecular weight excluding hydrogens is 158 g/mol. The van der Waals surface area contributed by atoms with Crippen molar-refractivity contribution in [2.24, 2.45) is 5.92 Å². The molecule has 0 aliphatic carbocycles. The smallest absolute Gasteiger partial charge is 0.0210 e. The molecule has 2 aliphatic rings. The van der Waals surface area contributed by atoms with E-state index in [0.29, 0.717) is 5.54 Å². The zero-order chi connectivity index (χ0) is 9.31. The fourth-order valence-corrected chi connectivity index (χ4v) is 3.19. The van der Waals surface area contributed by atoms with Crippen molar-refractivity contribution in [1.29, 1.82) is 0 Å². The first-order valence-corrected chi connectivity index (χ1v) is 5.98. The number of hydrogen-bond acceptors (Lipinski definition) is 1. The number of nitrogens with zero attached hydrogens (tertiary/aromatic N) is 1. The molecule has 1 heteroatoms. The van der Waals surface area contributed by atoms with Crippen LogP contribution < -0.4 is 0 Å². The molecule has 2 heterocycles. The minimum absolute atomic E-state index is 0.671. The van der Waals surface area contributed by atoms with Gasteiger partial charge in [0.15, 0.2) is 0 Å². The molecule has 2 saturated heterocycles. The van der Waals surface area contributed by atoms with E-state index < -0.39 is 0 Å². The van der Waals surface area contributed by atoms with Crippen molar-refractivity contribution in [1.82, 2.24) is 4.90 Å². The Hall–Kier alpha value is -0.0400. The summed E-state index contributed by atoms with van der Waals surface area (Å²) in [6.07, 6.45) is 8.77. The quantitative estimate of drug-likeness (QED) is 0.647. The molecular formula is C12H23N. The van der Waals surface area contributed by atoms with Crippen molar-refractivity contribution in [3.63, 3.8) is 0 Å². The highest BCUT2D eigenvalue weighted by atomic mass is 15.2. The number of rotatable bonds is 3. The minimum Gasteiger partial charge on any atom is -0.298 e. The maximum absolute atomic E-state index is 2.77. The molecule has 0 aromatic carbocycles. The van der Waals surface area contributed by atoms with Crippen molar-refractivity contribution in [3.8, 4) is 0 Å². The van der Waals surface area contributed by atoms with E-state index in [4.69, 9.17) is 0 Å². The SMILES string of the molecule is CC(C)CCC12CCCN1CCC2. The second-order valence-corrected chi connectivity index (χ2v) is 5.35. The first kappa shape index (κ1) is 9.51. The van der Waals surface area contributed by atoms with E-state index in [1.165, 1.54) is 51.6 Å². The van der Waals surface area contributed by atoms with Crippen LogP contribution in [0.3, 0.4) is 0 Å². The van der Waals surface area contributed by atoms with Gasteiger partial charge in [-0.2, -0.15) is 0 Å². The maximum Gasteiger partial charge on any atom is 0.0210 e. The van der Waals surface area contributed by atoms with Crippen LogP contribution in [0.4, 0.5) is 0 Å². The highest BCUT2D eigenvalue weighted by Crippen LogP contribution is 2.42. The normalized spacial score (nSPS) is 27.0. The van der Waals surface area contributed by atoms with E-state index in [0.717, 1.165) is 5.92 Å². The third kappa shape index (κ3) is 1.76. The van der Waals surface area contributed by atoms with E-state index in [-0.39, 0.29) is 0 Å². The summed E-state index contributed by atoms with van der Waals surface area (Å²) in [7, 11) is 0. The Labute approximate surface area is 82.5 Å². The van der Waals surface area contributed by atoms with Gasteiger partial charge in [-0.1, -0.05) is 13.8 Å². The molecule has 76 valence electrons. The minimum atomic E-state index is 0.671. The Kier molecular flexibility index (Phi) is 2.64. The van der Waals surface area contributed by atoms with Gasteiger partial charge in [0.1, 0.15) is 0 Å². The van der Waals surface area contributed by atoms with E-state index in [1.807, 2.05) is 0 Å². The molecule has 2 fully saturated rings. The van der Waals surface area contributed by atoms with Gasteiger partial charge in [0.2, 0.25) is 0 Å². The highest BCUT2D eigenvalue weighted by molar-refractivity contribution is 4.99.